The van der Waals surface area contributed by atoms with Crippen LogP contribution in [0.4, 0.5) is 11.4 Å². The van der Waals surface area contributed by atoms with Gasteiger partial charge in [0.15, 0.2) is 0 Å². The van der Waals surface area contributed by atoms with Crippen molar-refractivity contribution in [3.63, 3.8) is 0 Å². The van der Waals surface area contributed by atoms with Crippen LogP contribution in [-0.2, 0) is 0 Å². The summed E-state index contributed by atoms with van der Waals surface area (Å²) in [4.78, 5) is 14.8. The molecule has 1 aliphatic heterocycles. The summed E-state index contributed by atoms with van der Waals surface area (Å²) >= 11 is 0. The molecule has 1 saturated heterocycles. The maximum atomic E-state index is 12.4. The van der Waals surface area contributed by atoms with Crippen LogP contribution in [0.2, 0.25) is 0 Å². The molecule has 3 rings (SSSR count). The van der Waals surface area contributed by atoms with Crippen molar-refractivity contribution in [2.24, 2.45) is 0 Å². The maximum absolute atomic E-state index is 12.4. The van der Waals surface area contributed by atoms with E-state index in [1.807, 2.05) is 31.2 Å². The van der Waals surface area contributed by atoms with Crippen molar-refractivity contribution in [1.82, 2.24) is 0 Å². The first-order valence-corrected chi connectivity index (χ1v) is 8.38. The maximum Gasteiger partial charge on any atom is 0.255 e. The number of nitrogens with zero attached hydrogens (tertiary/aromatic N) is 1. The first kappa shape index (κ1) is 15.6. The Kier molecular flexibility index (Phi) is 4.65. The van der Waals surface area contributed by atoms with E-state index in [1.165, 1.54) is 30.5 Å². The van der Waals surface area contributed by atoms with E-state index in [9.17, 15) is 4.79 Å². The molecular weight excluding hydrogens is 284 g/mol. The minimum Gasteiger partial charge on any atom is -0.372 e. The van der Waals surface area contributed by atoms with Gasteiger partial charge in [-0.25, -0.2) is 0 Å². The molecule has 1 amide bonds. The average Bonchev–Trinajstić information content (AvgIpc) is 2.60. The molecule has 1 fully saturated rings. The van der Waals surface area contributed by atoms with Gasteiger partial charge in [0, 0.05) is 30.0 Å². The molecule has 3 heteroatoms. The highest BCUT2D eigenvalue weighted by Gasteiger charge is 2.12. The molecule has 0 spiro atoms. The van der Waals surface area contributed by atoms with E-state index in [0.717, 1.165) is 24.3 Å². The van der Waals surface area contributed by atoms with Gasteiger partial charge < -0.3 is 10.2 Å². The van der Waals surface area contributed by atoms with Crippen LogP contribution < -0.4 is 10.2 Å². The zero-order valence-corrected chi connectivity index (χ0v) is 13.9. The Hall–Kier alpha value is -2.29. The molecule has 0 unspecified atom stereocenters. The summed E-state index contributed by atoms with van der Waals surface area (Å²) in [6.07, 6.45) is 3.84. The second-order valence-electron chi connectivity index (χ2n) is 6.30. The molecule has 0 aromatic heterocycles. The van der Waals surface area contributed by atoms with Gasteiger partial charge in [0.05, 0.1) is 0 Å². The van der Waals surface area contributed by atoms with Gasteiger partial charge in [0.1, 0.15) is 0 Å². The topological polar surface area (TPSA) is 32.3 Å². The lowest BCUT2D eigenvalue weighted by Crippen LogP contribution is -2.29. The lowest BCUT2D eigenvalue weighted by molar-refractivity contribution is 0.102. The number of anilines is 2. The van der Waals surface area contributed by atoms with Gasteiger partial charge in [0.25, 0.3) is 5.91 Å². The fraction of sp³-hybridized carbons (Fsp3) is 0.350. The molecule has 0 bridgehead atoms. The van der Waals surface area contributed by atoms with Crippen LogP contribution in [-0.4, -0.2) is 19.0 Å². The predicted molar refractivity (Wildman–Crippen MR) is 96.4 cm³/mol. The first-order chi connectivity index (χ1) is 11.1. The van der Waals surface area contributed by atoms with E-state index >= 15 is 0 Å². The van der Waals surface area contributed by atoms with Gasteiger partial charge in [-0.1, -0.05) is 12.1 Å². The largest absolute Gasteiger partial charge is 0.372 e. The molecule has 3 nitrogen and oxygen atoms in total. The Morgan fingerprint density at radius 1 is 0.957 bits per heavy atom. The van der Waals surface area contributed by atoms with Crippen molar-refractivity contribution < 1.29 is 4.79 Å². The highest BCUT2D eigenvalue weighted by Crippen LogP contribution is 2.22. The van der Waals surface area contributed by atoms with Gasteiger partial charge in [-0.05, 0) is 74.6 Å². The molecule has 0 aliphatic carbocycles. The minimum absolute atomic E-state index is 0.0519. The number of amides is 1. The number of nitrogens with one attached hydrogen (secondary N) is 1. The smallest absolute Gasteiger partial charge is 0.255 e. The van der Waals surface area contributed by atoms with Crippen molar-refractivity contribution in [3.05, 3.63) is 59.2 Å². The Balaban J connectivity index is 1.71. The van der Waals surface area contributed by atoms with Crippen molar-refractivity contribution in [2.75, 3.05) is 23.3 Å². The highest BCUT2D eigenvalue weighted by molar-refractivity contribution is 6.04. The normalized spacial score (nSPS) is 14.6. The Bertz CT molecular complexity index is 685. The van der Waals surface area contributed by atoms with Gasteiger partial charge in [-0.3, -0.25) is 4.79 Å². The fourth-order valence-electron chi connectivity index (χ4n) is 3.06. The van der Waals surface area contributed by atoms with E-state index in [0.29, 0.717) is 5.56 Å². The standard InChI is InChI=1S/C20H24N2O/c1-15-7-6-8-19(16(15)2)21-20(23)17-9-11-18(12-10-17)22-13-4-3-5-14-22/h6-12H,3-5,13-14H2,1-2H3,(H,21,23). The van der Waals surface area contributed by atoms with Crippen LogP contribution in [0.3, 0.4) is 0 Å². The number of hydrogen-bond donors (Lipinski definition) is 1. The highest BCUT2D eigenvalue weighted by atomic mass is 16.1. The predicted octanol–water partition coefficient (Wildman–Crippen LogP) is 4.55. The van der Waals surface area contributed by atoms with E-state index < -0.39 is 0 Å². The molecule has 2 aromatic carbocycles. The number of benzene rings is 2. The molecule has 0 radical (unpaired) electrons. The number of aryl methyl sites for hydroxylation is 1. The number of hydrogen-bond acceptors (Lipinski definition) is 2. The van der Waals surface area contributed by atoms with E-state index in [-0.39, 0.29) is 5.91 Å². The van der Waals surface area contributed by atoms with Crippen LogP contribution in [0.1, 0.15) is 40.7 Å². The first-order valence-electron chi connectivity index (χ1n) is 8.38. The molecule has 0 saturated carbocycles. The van der Waals surface area contributed by atoms with Gasteiger partial charge in [-0.15, -0.1) is 0 Å². The fourth-order valence-corrected chi connectivity index (χ4v) is 3.06. The molecule has 23 heavy (non-hydrogen) atoms. The molecule has 1 N–H and O–H groups in total. The lowest BCUT2D eigenvalue weighted by Gasteiger charge is -2.28. The molecule has 0 atom stereocenters. The summed E-state index contributed by atoms with van der Waals surface area (Å²) in [7, 11) is 0. The Labute approximate surface area is 138 Å². The number of carbonyl (C=O) groups is 1. The number of rotatable bonds is 3. The lowest BCUT2D eigenvalue weighted by atomic mass is 10.1. The van der Waals surface area contributed by atoms with Gasteiger partial charge >= 0.3 is 0 Å². The third-order valence-corrected chi connectivity index (χ3v) is 4.70. The van der Waals surface area contributed by atoms with Crippen molar-refractivity contribution in [2.45, 2.75) is 33.1 Å². The van der Waals surface area contributed by atoms with Crippen molar-refractivity contribution >= 4 is 17.3 Å². The second-order valence-corrected chi connectivity index (χ2v) is 6.30. The third-order valence-electron chi connectivity index (χ3n) is 4.70. The summed E-state index contributed by atoms with van der Waals surface area (Å²) < 4.78 is 0. The van der Waals surface area contributed by atoms with E-state index in [2.05, 4.69) is 35.3 Å². The Morgan fingerprint density at radius 3 is 2.35 bits per heavy atom. The van der Waals surface area contributed by atoms with E-state index in [1.54, 1.807) is 0 Å². The SMILES string of the molecule is Cc1cccc(NC(=O)c2ccc(N3CCCCC3)cc2)c1C. The average molecular weight is 308 g/mol. The second kappa shape index (κ2) is 6.86. The molecule has 2 aromatic rings. The molecule has 1 heterocycles. The summed E-state index contributed by atoms with van der Waals surface area (Å²) in [6.45, 7) is 6.32. The summed E-state index contributed by atoms with van der Waals surface area (Å²) in [6, 6.07) is 13.9. The molecule has 120 valence electrons. The minimum atomic E-state index is -0.0519. The van der Waals surface area contributed by atoms with Crippen LogP contribution in [0.25, 0.3) is 0 Å². The van der Waals surface area contributed by atoms with Crippen molar-refractivity contribution in [1.29, 1.82) is 0 Å². The molecular formula is C20H24N2O. The van der Waals surface area contributed by atoms with Crippen LogP contribution in [0.5, 0.6) is 0 Å². The quantitative estimate of drug-likeness (QED) is 0.902. The van der Waals surface area contributed by atoms with E-state index in [4.69, 9.17) is 0 Å². The summed E-state index contributed by atoms with van der Waals surface area (Å²) in [5.41, 5.74) is 5.10. The molecule has 1 aliphatic rings. The number of piperidine rings is 1. The van der Waals surface area contributed by atoms with Crippen molar-refractivity contribution in [3.8, 4) is 0 Å². The third kappa shape index (κ3) is 3.55. The summed E-state index contributed by atoms with van der Waals surface area (Å²) in [5.74, 6) is -0.0519. The van der Waals surface area contributed by atoms with Gasteiger partial charge in [0.2, 0.25) is 0 Å². The zero-order valence-electron chi connectivity index (χ0n) is 13.9. The summed E-state index contributed by atoms with van der Waals surface area (Å²) in [5, 5.41) is 3.01. The van der Waals surface area contributed by atoms with Crippen LogP contribution in [0, 0.1) is 13.8 Å². The van der Waals surface area contributed by atoms with Crippen LogP contribution >= 0.6 is 0 Å². The monoisotopic (exact) mass is 308 g/mol. The van der Waals surface area contributed by atoms with Gasteiger partial charge in [-0.2, -0.15) is 0 Å². The number of carbonyl (C=O) groups excluding carboxylic acids is 1. The van der Waals surface area contributed by atoms with Crippen LogP contribution in [0.15, 0.2) is 42.5 Å². The Morgan fingerprint density at radius 2 is 1.65 bits per heavy atom. The zero-order chi connectivity index (χ0) is 16.2.